The first kappa shape index (κ1) is 13.9. The van der Waals surface area contributed by atoms with Gasteiger partial charge in [0, 0.05) is 12.2 Å². The SMILES string of the molecule is CC(C)c1nc(C(F)(F)F)c2cnc(S(C)=O)nn12. The summed E-state index contributed by atoms with van der Waals surface area (Å²) in [5, 5.41) is 3.85. The van der Waals surface area contributed by atoms with Gasteiger partial charge < -0.3 is 0 Å². The summed E-state index contributed by atoms with van der Waals surface area (Å²) in [6, 6.07) is 0. The molecule has 0 saturated carbocycles. The van der Waals surface area contributed by atoms with Gasteiger partial charge in [-0.25, -0.2) is 14.5 Å². The summed E-state index contributed by atoms with van der Waals surface area (Å²) >= 11 is 0. The van der Waals surface area contributed by atoms with Crippen LogP contribution in [0, 0.1) is 0 Å². The molecule has 104 valence electrons. The maximum atomic E-state index is 12.9. The number of hydrogen-bond donors (Lipinski definition) is 0. The minimum absolute atomic E-state index is 0.0273. The van der Waals surface area contributed by atoms with Crippen LogP contribution in [0.3, 0.4) is 0 Å². The van der Waals surface area contributed by atoms with Crippen LogP contribution in [0.5, 0.6) is 0 Å². The molecule has 2 heterocycles. The number of imidazole rings is 1. The number of halogens is 3. The van der Waals surface area contributed by atoms with Crippen molar-refractivity contribution < 1.29 is 17.4 Å². The van der Waals surface area contributed by atoms with Gasteiger partial charge in [-0.3, -0.25) is 4.21 Å². The maximum absolute atomic E-state index is 12.9. The van der Waals surface area contributed by atoms with E-state index in [1.54, 1.807) is 13.8 Å². The van der Waals surface area contributed by atoms with E-state index in [1.165, 1.54) is 6.26 Å². The molecule has 0 amide bonds. The van der Waals surface area contributed by atoms with Gasteiger partial charge in [0.15, 0.2) is 5.69 Å². The third kappa shape index (κ3) is 2.46. The van der Waals surface area contributed by atoms with Crippen molar-refractivity contribution >= 4 is 16.3 Å². The largest absolute Gasteiger partial charge is 0.435 e. The minimum Gasteiger partial charge on any atom is -0.251 e. The lowest BCUT2D eigenvalue weighted by molar-refractivity contribution is -0.139. The molecule has 0 aromatic carbocycles. The fraction of sp³-hybridized carbons (Fsp3) is 0.500. The summed E-state index contributed by atoms with van der Waals surface area (Å²) < 4.78 is 51.0. The van der Waals surface area contributed by atoms with Crippen LogP contribution >= 0.6 is 0 Å². The van der Waals surface area contributed by atoms with E-state index in [0.29, 0.717) is 0 Å². The first-order valence-electron chi connectivity index (χ1n) is 5.38. The molecule has 0 N–H and O–H groups in total. The number of nitrogens with zero attached hydrogens (tertiary/aromatic N) is 4. The number of rotatable bonds is 2. The van der Waals surface area contributed by atoms with Crippen molar-refractivity contribution in [2.75, 3.05) is 6.26 Å². The summed E-state index contributed by atoms with van der Waals surface area (Å²) in [5.41, 5.74) is -1.25. The van der Waals surface area contributed by atoms with E-state index >= 15 is 0 Å². The Labute approximate surface area is 109 Å². The Morgan fingerprint density at radius 2 is 2.00 bits per heavy atom. The Morgan fingerprint density at radius 3 is 2.47 bits per heavy atom. The highest BCUT2D eigenvalue weighted by atomic mass is 32.2. The van der Waals surface area contributed by atoms with Gasteiger partial charge in [0.2, 0.25) is 5.16 Å². The lowest BCUT2D eigenvalue weighted by atomic mass is 10.2. The fourth-order valence-corrected chi connectivity index (χ4v) is 2.00. The van der Waals surface area contributed by atoms with E-state index in [9.17, 15) is 17.4 Å². The van der Waals surface area contributed by atoms with Gasteiger partial charge in [0.1, 0.15) is 11.3 Å². The second-order valence-corrected chi connectivity index (χ2v) is 5.54. The van der Waals surface area contributed by atoms with Crippen molar-refractivity contribution in [1.82, 2.24) is 19.6 Å². The van der Waals surface area contributed by atoms with E-state index in [1.807, 2.05) is 0 Å². The molecule has 0 aliphatic carbocycles. The minimum atomic E-state index is -4.57. The highest BCUT2D eigenvalue weighted by Gasteiger charge is 2.37. The molecule has 0 bridgehead atoms. The van der Waals surface area contributed by atoms with E-state index in [0.717, 1.165) is 10.7 Å². The van der Waals surface area contributed by atoms with Gasteiger partial charge in [-0.2, -0.15) is 13.2 Å². The van der Waals surface area contributed by atoms with Crippen LogP contribution in [0.4, 0.5) is 13.2 Å². The smallest absolute Gasteiger partial charge is 0.251 e. The third-order valence-corrected chi connectivity index (χ3v) is 3.14. The quantitative estimate of drug-likeness (QED) is 0.849. The summed E-state index contributed by atoms with van der Waals surface area (Å²) in [4.78, 5) is 7.28. The van der Waals surface area contributed by atoms with Crippen molar-refractivity contribution in [3.63, 3.8) is 0 Å². The van der Waals surface area contributed by atoms with Crippen molar-refractivity contribution in [3.05, 3.63) is 17.7 Å². The summed E-state index contributed by atoms with van der Waals surface area (Å²) in [6.07, 6.45) is -2.21. The molecule has 2 rings (SSSR count). The summed E-state index contributed by atoms with van der Waals surface area (Å²) in [5.74, 6) is -0.0898. The number of hydrogen-bond acceptors (Lipinski definition) is 4. The van der Waals surface area contributed by atoms with E-state index in [4.69, 9.17) is 0 Å². The predicted octanol–water partition coefficient (Wildman–Crippen LogP) is 2.00. The molecule has 2 aromatic rings. The standard InChI is InChI=1S/C10H11F3N4OS/c1-5(2)8-15-7(10(11,12)13)6-4-14-9(19(3)18)16-17(6)8/h4-5H,1-3H3. The van der Waals surface area contributed by atoms with Gasteiger partial charge in [0.25, 0.3) is 0 Å². The molecule has 1 atom stereocenters. The fourth-order valence-electron chi connectivity index (χ4n) is 1.61. The Hall–Kier alpha value is -1.51. The monoisotopic (exact) mass is 292 g/mol. The van der Waals surface area contributed by atoms with Gasteiger partial charge >= 0.3 is 6.18 Å². The molecule has 9 heteroatoms. The predicted molar refractivity (Wildman–Crippen MR) is 62.2 cm³/mol. The van der Waals surface area contributed by atoms with Gasteiger partial charge in [0.05, 0.1) is 17.0 Å². The van der Waals surface area contributed by atoms with Crippen LogP contribution in [0.15, 0.2) is 11.4 Å². The Bertz CT molecular complexity index is 650. The van der Waals surface area contributed by atoms with Gasteiger partial charge in [-0.1, -0.05) is 13.8 Å². The van der Waals surface area contributed by atoms with Crippen LogP contribution in [0.1, 0.15) is 31.3 Å². The molecule has 2 aromatic heterocycles. The normalized spacial score (nSPS) is 14.3. The van der Waals surface area contributed by atoms with Crippen molar-refractivity contribution in [3.8, 4) is 0 Å². The van der Waals surface area contributed by atoms with Gasteiger partial charge in [-0.05, 0) is 0 Å². The lowest BCUT2D eigenvalue weighted by Crippen LogP contribution is -2.08. The number of aromatic nitrogens is 4. The summed E-state index contributed by atoms with van der Waals surface area (Å²) in [7, 11) is -1.47. The highest BCUT2D eigenvalue weighted by molar-refractivity contribution is 7.84. The zero-order chi connectivity index (χ0) is 14.4. The molecular weight excluding hydrogens is 281 g/mol. The molecular formula is C10H11F3N4OS. The van der Waals surface area contributed by atoms with Crippen molar-refractivity contribution in [2.45, 2.75) is 31.1 Å². The molecule has 1 unspecified atom stereocenters. The molecule has 0 saturated heterocycles. The van der Waals surface area contributed by atoms with E-state index < -0.39 is 22.7 Å². The van der Waals surface area contributed by atoms with Crippen LogP contribution in [0.2, 0.25) is 0 Å². The first-order valence-corrected chi connectivity index (χ1v) is 6.94. The molecule has 19 heavy (non-hydrogen) atoms. The molecule has 0 aliphatic heterocycles. The lowest BCUT2D eigenvalue weighted by Gasteiger charge is -2.03. The van der Waals surface area contributed by atoms with Crippen LogP contribution in [0.25, 0.3) is 5.52 Å². The molecule has 0 radical (unpaired) electrons. The molecule has 0 aliphatic rings. The Balaban J connectivity index is 2.79. The van der Waals surface area contributed by atoms with Crippen LogP contribution in [-0.2, 0) is 17.0 Å². The van der Waals surface area contributed by atoms with Crippen LogP contribution < -0.4 is 0 Å². The van der Waals surface area contributed by atoms with Crippen LogP contribution in [-0.4, -0.2) is 30.0 Å². The highest BCUT2D eigenvalue weighted by Crippen LogP contribution is 2.33. The van der Waals surface area contributed by atoms with E-state index in [2.05, 4.69) is 15.1 Å². The van der Waals surface area contributed by atoms with E-state index in [-0.39, 0.29) is 22.4 Å². The third-order valence-electron chi connectivity index (χ3n) is 2.44. The Morgan fingerprint density at radius 1 is 1.37 bits per heavy atom. The average molecular weight is 292 g/mol. The van der Waals surface area contributed by atoms with Crippen molar-refractivity contribution in [2.24, 2.45) is 0 Å². The Kier molecular flexibility index (Phi) is 3.33. The van der Waals surface area contributed by atoms with Gasteiger partial charge in [-0.15, -0.1) is 5.10 Å². The topological polar surface area (TPSA) is 60.2 Å². The molecule has 0 fully saturated rings. The average Bonchev–Trinajstić information content (AvgIpc) is 2.66. The summed E-state index contributed by atoms with van der Waals surface area (Å²) in [6.45, 7) is 3.42. The number of alkyl halides is 3. The molecule has 5 nitrogen and oxygen atoms in total. The molecule has 0 spiro atoms. The first-order chi connectivity index (χ1) is 8.71. The zero-order valence-electron chi connectivity index (χ0n) is 10.4. The number of fused-ring (bicyclic) bond motifs is 1. The van der Waals surface area contributed by atoms with Crippen molar-refractivity contribution in [1.29, 1.82) is 0 Å². The maximum Gasteiger partial charge on any atom is 0.435 e. The zero-order valence-corrected chi connectivity index (χ0v) is 11.2. The second kappa shape index (κ2) is 4.55. The second-order valence-electron chi connectivity index (χ2n) is 4.26.